The lowest BCUT2D eigenvalue weighted by molar-refractivity contribution is 0.233. The molecule has 2 nitrogen and oxygen atoms in total. The minimum absolute atomic E-state index is 0.519. The highest BCUT2D eigenvalue weighted by molar-refractivity contribution is 5.60. The molecule has 22 heavy (non-hydrogen) atoms. The van der Waals surface area contributed by atoms with Crippen LogP contribution in [0.25, 0.3) is 5.76 Å². The number of para-hydroxylation sites is 2. The topological polar surface area (TPSA) is 12.2 Å². The van der Waals surface area contributed by atoms with Crippen molar-refractivity contribution in [2.75, 3.05) is 6.73 Å². The molecular formula is C20H16NO+. The SMILES string of the molecule is c1ccc(C2=c3ccccc3=[N+](c3ccccc3)CO2)cc1. The zero-order valence-electron chi connectivity index (χ0n) is 12.1. The second-order valence-electron chi connectivity index (χ2n) is 5.25. The predicted octanol–water partition coefficient (Wildman–Crippen LogP) is 2.65. The van der Waals surface area contributed by atoms with Gasteiger partial charge in [-0.2, -0.15) is 4.58 Å². The van der Waals surface area contributed by atoms with Gasteiger partial charge < -0.3 is 4.74 Å². The Kier molecular flexibility index (Phi) is 3.20. The van der Waals surface area contributed by atoms with Crippen molar-refractivity contribution >= 4 is 11.4 Å². The molecule has 2 heteroatoms. The van der Waals surface area contributed by atoms with Gasteiger partial charge >= 0.3 is 0 Å². The summed E-state index contributed by atoms with van der Waals surface area (Å²) >= 11 is 0. The number of hydrogen-bond acceptors (Lipinski definition) is 1. The lowest BCUT2D eigenvalue weighted by Gasteiger charge is -2.14. The Labute approximate surface area is 129 Å². The zero-order valence-corrected chi connectivity index (χ0v) is 12.1. The smallest absolute Gasteiger partial charge is 0.293 e. The highest BCUT2D eigenvalue weighted by atomic mass is 16.5. The third-order valence-electron chi connectivity index (χ3n) is 3.88. The molecule has 3 aromatic carbocycles. The first-order valence-corrected chi connectivity index (χ1v) is 7.40. The Morgan fingerprint density at radius 3 is 2.09 bits per heavy atom. The molecular weight excluding hydrogens is 270 g/mol. The molecule has 0 radical (unpaired) electrons. The van der Waals surface area contributed by atoms with Crippen molar-refractivity contribution in [1.29, 1.82) is 0 Å². The maximum atomic E-state index is 6.10. The summed E-state index contributed by atoms with van der Waals surface area (Å²) in [6.45, 7) is 0.519. The predicted molar refractivity (Wildman–Crippen MR) is 87.9 cm³/mol. The third-order valence-corrected chi connectivity index (χ3v) is 3.88. The van der Waals surface area contributed by atoms with Crippen LogP contribution in [0.3, 0.4) is 0 Å². The van der Waals surface area contributed by atoms with Crippen LogP contribution in [-0.4, -0.2) is 6.73 Å². The summed E-state index contributed by atoms with van der Waals surface area (Å²) in [5.74, 6) is 0.948. The van der Waals surface area contributed by atoms with Crippen molar-refractivity contribution in [3.05, 3.63) is 101 Å². The average molecular weight is 286 g/mol. The van der Waals surface area contributed by atoms with E-state index in [4.69, 9.17) is 4.74 Å². The van der Waals surface area contributed by atoms with Crippen LogP contribution in [0.1, 0.15) is 5.56 Å². The van der Waals surface area contributed by atoms with Crippen molar-refractivity contribution in [2.45, 2.75) is 0 Å². The minimum Gasteiger partial charge on any atom is -0.434 e. The summed E-state index contributed by atoms with van der Waals surface area (Å²) in [5.41, 5.74) is 2.25. The van der Waals surface area contributed by atoms with Gasteiger partial charge in [0.1, 0.15) is 5.76 Å². The van der Waals surface area contributed by atoms with Crippen LogP contribution in [0.2, 0.25) is 0 Å². The number of fused-ring (bicyclic) bond motifs is 1. The lowest BCUT2D eigenvalue weighted by atomic mass is 10.1. The van der Waals surface area contributed by atoms with Gasteiger partial charge in [-0.25, -0.2) is 0 Å². The standard InChI is InChI=1S/C20H16NO/c1-3-9-16(10-4-1)20-18-13-7-8-14-19(18)21(15-22-20)17-11-5-2-6-12-17/h1-14H,15H2/q+1. The van der Waals surface area contributed by atoms with Gasteiger partial charge in [0.25, 0.3) is 6.73 Å². The summed E-state index contributed by atoms with van der Waals surface area (Å²) < 4.78 is 8.30. The summed E-state index contributed by atoms with van der Waals surface area (Å²) in [7, 11) is 0. The Hall–Kier alpha value is -2.87. The maximum absolute atomic E-state index is 6.10. The van der Waals surface area contributed by atoms with E-state index < -0.39 is 0 Å². The number of nitrogens with zero attached hydrogens (tertiary/aromatic N) is 1. The van der Waals surface area contributed by atoms with Gasteiger partial charge in [0.15, 0.2) is 0 Å². The van der Waals surface area contributed by atoms with E-state index >= 15 is 0 Å². The molecule has 0 bridgehead atoms. The lowest BCUT2D eigenvalue weighted by Crippen LogP contribution is -2.44. The second-order valence-corrected chi connectivity index (χ2v) is 5.25. The number of hydrogen-bond donors (Lipinski definition) is 0. The molecule has 106 valence electrons. The number of ether oxygens (including phenoxy) is 1. The molecule has 0 aromatic heterocycles. The van der Waals surface area contributed by atoms with Gasteiger partial charge in [0.2, 0.25) is 11.0 Å². The molecule has 1 heterocycles. The van der Waals surface area contributed by atoms with E-state index in [-0.39, 0.29) is 0 Å². The van der Waals surface area contributed by atoms with Gasteiger partial charge in [0, 0.05) is 23.8 Å². The summed E-state index contributed by atoms with van der Waals surface area (Å²) in [6, 6.07) is 29.0. The fourth-order valence-electron chi connectivity index (χ4n) is 2.83. The zero-order chi connectivity index (χ0) is 14.8. The first kappa shape index (κ1) is 12.8. The van der Waals surface area contributed by atoms with Crippen molar-refractivity contribution in [3.63, 3.8) is 0 Å². The van der Waals surface area contributed by atoms with Crippen LogP contribution < -0.4 is 15.2 Å². The minimum atomic E-state index is 0.519. The molecule has 0 spiro atoms. The molecule has 4 rings (SSSR count). The first-order valence-electron chi connectivity index (χ1n) is 7.40. The van der Waals surface area contributed by atoms with Crippen LogP contribution >= 0.6 is 0 Å². The second kappa shape index (κ2) is 5.49. The molecule has 3 aromatic rings. The largest absolute Gasteiger partial charge is 0.434 e. The highest BCUT2D eigenvalue weighted by Gasteiger charge is 2.20. The maximum Gasteiger partial charge on any atom is 0.293 e. The van der Waals surface area contributed by atoms with E-state index in [1.165, 1.54) is 5.36 Å². The van der Waals surface area contributed by atoms with E-state index in [2.05, 4.69) is 53.1 Å². The van der Waals surface area contributed by atoms with Gasteiger partial charge in [-0.15, -0.1) is 0 Å². The van der Waals surface area contributed by atoms with Crippen molar-refractivity contribution < 1.29 is 4.74 Å². The number of rotatable bonds is 2. The highest BCUT2D eigenvalue weighted by Crippen LogP contribution is 2.15. The molecule has 0 amide bonds. The van der Waals surface area contributed by atoms with E-state index in [0.29, 0.717) is 6.73 Å². The van der Waals surface area contributed by atoms with Crippen LogP contribution in [-0.2, 0) is 4.74 Å². The van der Waals surface area contributed by atoms with Gasteiger partial charge in [-0.3, -0.25) is 0 Å². The molecule has 1 aliphatic heterocycles. The van der Waals surface area contributed by atoms with Crippen molar-refractivity contribution in [3.8, 4) is 0 Å². The Morgan fingerprint density at radius 1 is 0.682 bits per heavy atom. The molecule has 1 aliphatic rings. The fraction of sp³-hybridized carbons (Fsp3) is 0.0500. The molecule has 0 saturated heterocycles. The van der Waals surface area contributed by atoms with E-state index in [1.807, 2.05) is 36.4 Å². The molecule has 0 atom stereocenters. The molecule has 0 fully saturated rings. The van der Waals surface area contributed by atoms with Gasteiger partial charge in [0.05, 0.1) is 5.22 Å². The molecule has 0 aliphatic carbocycles. The first-order chi connectivity index (χ1) is 10.9. The van der Waals surface area contributed by atoms with Crippen molar-refractivity contribution in [2.24, 2.45) is 0 Å². The van der Waals surface area contributed by atoms with Crippen molar-refractivity contribution in [1.82, 2.24) is 4.58 Å². The van der Waals surface area contributed by atoms with Gasteiger partial charge in [-0.1, -0.05) is 60.7 Å². The normalized spacial score (nSPS) is 13.5. The molecule has 0 saturated carbocycles. The van der Waals surface area contributed by atoms with E-state index in [1.54, 1.807) is 0 Å². The van der Waals surface area contributed by atoms with Gasteiger partial charge in [-0.05, 0) is 6.07 Å². The number of benzene rings is 3. The van der Waals surface area contributed by atoms with Crippen LogP contribution in [0.4, 0.5) is 5.69 Å². The third kappa shape index (κ3) is 2.19. The van der Waals surface area contributed by atoms with Crippen LogP contribution in [0.15, 0.2) is 84.9 Å². The summed E-state index contributed by atoms with van der Waals surface area (Å²) in [4.78, 5) is 0. The van der Waals surface area contributed by atoms with Crippen LogP contribution in [0, 0.1) is 0 Å². The quantitative estimate of drug-likeness (QED) is 0.660. The Bertz CT molecular complexity index is 836. The average Bonchev–Trinajstić information content (AvgIpc) is 2.62. The molecule has 0 N–H and O–H groups in total. The summed E-state index contributed by atoms with van der Waals surface area (Å²) in [5, 5.41) is 2.31. The Balaban J connectivity index is 2.05. The van der Waals surface area contributed by atoms with E-state index in [0.717, 1.165) is 22.2 Å². The Morgan fingerprint density at radius 2 is 1.32 bits per heavy atom. The van der Waals surface area contributed by atoms with E-state index in [9.17, 15) is 0 Å². The molecule has 0 unspecified atom stereocenters. The van der Waals surface area contributed by atoms with Crippen LogP contribution in [0.5, 0.6) is 0 Å². The fourth-order valence-corrected chi connectivity index (χ4v) is 2.83. The monoisotopic (exact) mass is 286 g/mol. The summed E-state index contributed by atoms with van der Waals surface area (Å²) in [6.07, 6.45) is 0.